The highest BCUT2D eigenvalue weighted by Gasteiger charge is 2.14. The van der Waals surface area contributed by atoms with Crippen LogP contribution in [0, 0.1) is 6.92 Å². The fraction of sp³-hybridized carbons (Fsp3) is 0.133. The molecule has 3 rings (SSSR count). The van der Waals surface area contributed by atoms with Crippen molar-refractivity contribution in [3.05, 3.63) is 42.2 Å². The summed E-state index contributed by atoms with van der Waals surface area (Å²) in [5.41, 5.74) is 2.50. The molecule has 6 heteroatoms. The summed E-state index contributed by atoms with van der Waals surface area (Å²) in [5.74, 6) is 1.24. The molecule has 1 aromatic carbocycles. The van der Waals surface area contributed by atoms with E-state index in [0.29, 0.717) is 23.0 Å². The van der Waals surface area contributed by atoms with Crippen LogP contribution in [-0.4, -0.2) is 27.3 Å². The van der Waals surface area contributed by atoms with Crippen molar-refractivity contribution in [1.82, 2.24) is 15.1 Å². The van der Waals surface area contributed by atoms with Gasteiger partial charge < -0.3 is 14.4 Å². The van der Waals surface area contributed by atoms with Crippen molar-refractivity contribution >= 4 is 0 Å². The largest absolute Gasteiger partial charge is 0.504 e. The van der Waals surface area contributed by atoms with Crippen LogP contribution in [0.3, 0.4) is 0 Å². The number of rotatable bonds is 3. The van der Waals surface area contributed by atoms with Gasteiger partial charge in [-0.15, -0.1) is 0 Å². The lowest BCUT2D eigenvalue weighted by atomic mass is 10.1. The summed E-state index contributed by atoms with van der Waals surface area (Å²) in [6, 6.07) is 6.73. The number of phenolic OH excluding ortho intramolecular Hbond substituents is 1. The first-order valence-electron chi connectivity index (χ1n) is 6.31. The van der Waals surface area contributed by atoms with E-state index in [-0.39, 0.29) is 5.75 Å². The Labute approximate surface area is 121 Å². The summed E-state index contributed by atoms with van der Waals surface area (Å²) >= 11 is 0. The molecule has 3 aromatic rings. The molecule has 0 bridgehead atoms. The second kappa shape index (κ2) is 5.24. The molecule has 2 aromatic heterocycles. The number of aryl methyl sites for hydroxylation is 1. The summed E-state index contributed by atoms with van der Waals surface area (Å²) < 4.78 is 10.3. The lowest BCUT2D eigenvalue weighted by Gasteiger charge is -2.03. The van der Waals surface area contributed by atoms with Crippen LogP contribution in [0.2, 0.25) is 0 Å². The van der Waals surface area contributed by atoms with Crippen LogP contribution in [0.5, 0.6) is 11.5 Å². The fourth-order valence-corrected chi connectivity index (χ4v) is 1.96. The number of nitrogens with zero attached hydrogens (tertiary/aromatic N) is 3. The summed E-state index contributed by atoms with van der Waals surface area (Å²) in [6.07, 6.45) is 3.41. The monoisotopic (exact) mass is 283 g/mol. The third-order valence-electron chi connectivity index (χ3n) is 3.13. The van der Waals surface area contributed by atoms with Gasteiger partial charge in [0.05, 0.1) is 7.11 Å². The fourth-order valence-electron chi connectivity index (χ4n) is 1.96. The van der Waals surface area contributed by atoms with Crippen molar-refractivity contribution in [3.63, 3.8) is 0 Å². The van der Waals surface area contributed by atoms with Crippen molar-refractivity contribution in [1.29, 1.82) is 0 Å². The zero-order valence-corrected chi connectivity index (χ0v) is 11.6. The number of hydrogen-bond acceptors (Lipinski definition) is 6. The van der Waals surface area contributed by atoms with Gasteiger partial charge in [-0.05, 0) is 36.8 Å². The predicted octanol–water partition coefficient (Wildman–Crippen LogP) is 2.82. The normalized spacial score (nSPS) is 10.6. The van der Waals surface area contributed by atoms with Crippen LogP contribution in [0.1, 0.15) is 5.56 Å². The zero-order chi connectivity index (χ0) is 14.8. The van der Waals surface area contributed by atoms with Crippen molar-refractivity contribution in [2.24, 2.45) is 0 Å². The van der Waals surface area contributed by atoms with Gasteiger partial charge in [-0.1, -0.05) is 5.16 Å². The molecule has 106 valence electrons. The molecule has 0 atom stereocenters. The number of aromatic nitrogens is 3. The van der Waals surface area contributed by atoms with Gasteiger partial charge in [-0.2, -0.15) is 4.98 Å². The highest BCUT2D eigenvalue weighted by Crippen LogP contribution is 2.31. The van der Waals surface area contributed by atoms with Crippen LogP contribution in [-0.2, 0) is 0 Å². The Morgan fingerprint density at radius 2 is 2.10 bits per heavy atom. The van der Waals surface area contributed by atoms with Gasteiger partial charge in [0.25, 0.3) is 5.89 Å². The summed E-state index contributed by atoms with van der Waals surface area (Å²) in [6.45, 7) is 1.95. The molecule has 6 nitrogen and oxygen atoms in total. The number of methoxy groups -OCH3 is 1. The molecule has 0 aliphatic heterocycles. The van der Waals surface area contributed by atoms with Crippen molar-refractivity contribution in [2.75, 3.05) is 7.11 Å². The topological polar surface area (TPSA) is 81.3 Å². The van der Waals surface area contributed by atoms with Gasteiger partial charge in [0.2, 0.25) is 5.82 Å². The molecule has 0 radical (unpaired) electrons. The number of aromatic hydroxyl groups is 1. The smallest absolute Gasteiger partial charge is 0.258 e. The molecule has 21 heavy (non-hydrogen) atoms. The molecule has 0 unspecified atom stereocenters. The minimum absolute atomic E-state index is 0.0593. The summed E-state index contributed by atoms with van der Waals surface area (Å²) in [7, 11) is 1.48. The van der Waals surface area contributed by atoms with E-state index in [2.05, 4.69) is 15.1 Å². The molecule has 1 N–H and O–H groups in total. The van der Waals surface area contributed by atoms with Crippen LogP contribution < -0.4 is 4.74 Å². The first-order valence-corrected chi connectivity index (χ1v) is 6.31. The van der Waals surface area contributed by atoms with Crippen molar-refractivity contribution in [3.8, 4) is 34.3 Å². The summed E-state index contributed by atoms with van der Waals surface area (Å²) in [5, 5.41) is 13.6. The lowest BCUT2D eigenvalue weighted by molar-refractivity contribution is 0.373. The van der Waals surface area contributed by atoms with Crippen molar-refractivity contribution < 1.29 is 14.4 Å². The van der Waals surface area contributed by atoms with Gasteiger partial charge in [-0.25, -0.2) is 0 Å². The molecule has 0 aliphatic carbocycles. The zero-order valence-electron chi connectivity index (χ0n) is 11.6. The maximum absolute atomic E-state index is 9.60. The van der Waals surface area contributed by atoms with Gasteiger partial charge in [0.1, 0.15) is 0 Å². The first kappa shape index (κ1) is 13.1. The van der Waals surface area contributed by atoms with E-state index in [1.165, 1.54) is 13.2 Å². The molecule has 0 amide bonds. The average molecular weight is 283 g/mol. The van der Waals surface area contributed by atoms with E-state index >= 15 is 0 Å². The quantitative estimate of drug-likeness (QED) is 0.796. The Bertz CT molecular complexity index is 783. The maximum atomic E-state index is 9.60. The standard InChI is InChI=1S/C15H13N3O3/c1-9-5-6-16-8-11(9)14-17-15(21-18-14)10-3-4-12(19)13(7-10)20-2/h3-8,19H,1-2H3. The predicted molar refractivity (Wildman–Crippen MR) is 75.9 cm³/mol. The third-order valence-corrected chi connectivity index (χ3v) is 3.13. The molecule has 0 fully saturated rings. The number of phenols is 1. The Kier molecular flexibility index (Phi) is 3.27. The molecule has 2 heterocycles. The second-order valence-corrected chi connectivity index (χ2v) is 4.50. The first-order chi connectivity index (χ1) is 10.2. The lowest BCUT2D eigenvalue weighted by Crippen LogP contribution is -1.87. The summed E-state index contributed by atoms with van der Waals surface area (Å²) in [4.78, 5) is 8.43. The Morgan fingerprint density at radius 3 is 2.86 bits per heavy atom. The molecule has 0 saturated carbocycles. The SMILES string of the molecule is COc1cc(-c2nc(-c3cnccc3C)no2)ccc1O. The highest BCUT2D eigenvalue weighted by molar-refractivity contribution is 5.63. The van der Waals surface area contributed by atoms with Crippen LogP contribution >= 0.6 is 0 Å². The molecule has 0 aliphatic rings. The van der Waals surface area contributed by atoms with Gasteiger partial charge >= 0.3 is 0 Å². The molecule has 0 saturated heterocycles. The van der Waals surface area contributed by atoms with Gasteiger partial charge in [-0.3, -0.25) is 4.98 Å². The molecular formula is C15H13N3O3. The molecular weight excluding hydrogens is 270 g/mol. The maximum Gasteiger partial charge on any atom is 0.258 e. The average Bonchev–Trinajstić information content (AvgIpc) is 2.98. The molecule has 0 spiro atoms. The van der Waals surface area contributed by atoms with Crippen molar-refractivity contribution in [2.45, 2.75) is 6.92 Å². The number of ether oxygens (including phenoxy) is 1. The van der Waals surface area contributed by atoms with Crippen LogP contribution in [0.15, 0.2) is 41.2 Å². The van der Waals surface area contributed by atoms with Crippen LogP contribution in [0.25, 0.3) is 22.8 Å². The van der Waals surface area contributed by atoms with E-state index in [9.17, 15) is 5.11 Å². The Balaban J connectivity index is 2.01. The second-order valence-electron chi connectivity index (χ2n) is 4.50. The highest BCUT2D eigenvalue weighted by atomic mass is 16.5. The number of benzene rings is 1. The van der Waals surface area contributed by atoms with E-state index in [1.807, 2.05) is 13.0 Å². The minimum atomic E-state index is 0.0593. The Morgan fingerprint density at radius 1 is 1.24 bits per heavy atom. The van der Waals surface area contributed by atoms with Crippen LogP contribution in [0.4, 0.5) is 0 Å². The van der Waals surface area contributed by atoms with Gasteiger partial charge in [0, 0.05) is 23.5 Å². The third kappa shape index (κ3) is 2.43. The van der Waals surface area contributed by atoms with E-state index in [1.54, 1.807) is 24.5 Å². The van der Waals surface area contributed by atoms with Gasteiger partial charge in [0.15, 0.2) is 11.5 Å². The van der Waals surface area contributed by atoms with E-state index < -0.39 is 0 Å². The number of hydrogen-bond donors (Lipinski definition) is 1. The van der Waals surface area contributed by atoms with E-state index in [0.717, 1.165) is 11.1 Å². The number of pyridine rings is 1. The van der Waals surface area contributed by atoms with E-state index in [4.69, 9.17) is 9.26 Å². The Hall–Kier alpha value is -2.89. The minimum Gasteiger partial charge on any atom is -0.504 e.